The quantitative estimate of drug-likeness (QED) is 0.183. The second-order valence-electron chi connectivity index (χ2n) is 10.1. The maximum atomic E-state index is 2.40. The van der Waals surface area contributed by atoms with Crippen LogP contribution in [0.15, 0.2) is 97.1 Å². The number of benzene rings is 4. The van der Waals surface area contributed by atoms with Gasteiger partial charge in [-0.3, -0.25) is 0 Å². The SMILES string of the molecule is CCCCCc1ccc(C2(c3ccc(CCCCC)cc3)c3ccccc3-c3ccccc32)cc1. The van der Waals surface area contributed by atoms with Gasteiger partial charge in [0.2, 0.25) is 0 Å². The third kappa shape index (κ3) is 4.36. The second kappa shape index (κ2) is 10.6. The molecule has 0 bridgehead atoms. The number of hydrogen-bond donors (Lipinski definition) is 0. The lowest BCUT2D eigenvalue weighted by Crippen LogP contribution is -2.28. The van der Waals surface area contributed by atoms with E-state index in [1.165, 1.54) is 95.9 Å². The zero-order valence-corrected chi connectivity index (χ0v) is 21.4. The van der Waals surface area contributed by atoms with Crippen LogP contribution in [0, 0.1) is 0 Å². The Morgan fingerprint density at radius 2 is 0.857 bits per heavy atom. The van der Waals surface area contributed by atoms with Gasteiger partial charge in [-0.1, -0.05) is 137 Å². The molecule has 0 nitrogen and oxygen atoms in total. The summed E-state index contributed by atoms with van der Waals surface area (Å²) >= 11 is 0. The van der Waals surface area contributed by atoms with E-state index in [-0.39, 0.29) is 5.41 Å². The molecule has 0 fully saturated rings. The molecule has 0 aromatic heterocycles. The van der Waals surface area contributed by atoms with Crippen LogP contribution in [-0.2, 0) is 18.3 Å². The van der Waals surface area contributed by atoms with Crippen molar-refractivity contribution in [2.24, 2.45) is 0 Å². The molecule has 5 rings (SSSR count). The molecule has 4 aromatic rings. The van der Waals surface area contributed by atoms with Gasteiger partial charge in [-0.2, -0.15) is 0 Å². The number of hydrogen-bond acceptors (Lipinski definition) is 0. The monoisotopic (exact) mass is 458 g/mol. The number of fused-ring (bicyclic) bond motifs is 3. The standard InChI is InChI=1S/C35H38/c1-3-5-7-13-27-19-23-29(24-20-27)35(30-25-21-28(22-26-30)14-8-6-4-2)33-17-11-9-15-31(33)32-16-10-12-18-34(32)35/h9-12,15-26H,3-8,13-14H2,1-2H3. The zero-order chi connectivity index (χ0) is 24.1. The largest absolute Gasteiger partial charge is 0.0713 e. The fraction of sp³-hybridized carbons (Fsp3) is 0.314. The second-order valence-corrected chi connectivity index (χ2v) is 10.1. The third-order valence-electron chi connectivity index (χ3n) is 7.86. The summed E-state index contributed by atoms with van der Waals surface area (Å²) < 4.78 is 0. The molecule has 178 valence electrons. The molecule has 4 aromatic carbocycles. The first-order valence-corrected chi connectivity index (χ1v) is 13.7. The topological polar surface area (TPSA) is 0 Å². The Kier molecular flexibility index (Phi) is 7.19. The van der Waals surface area contributed by atoms with Crippen molar-refractivity contribution in [3.63, 3.8) is 0 Å². The molecular formula is C35H38. The van der Waals surface area contributed by atoms with Gasteiger partial charge < -0.3 is 0 Å². The van der Waals surface area contributed by atoms with Crippen molar-refractivity contribution < 1.29 is 0 Å². The van der Waals surface area contributed by atoms with Crippen molar-refractivity contribution in [1.29, 1.82) is 0 Å². The Bertz CT molecular complexity index is 1140. The Balaban J connectivity index is 1.64. The molecule has 1 aliphatic rings. The summed E-state index contributed by atoms with van der Waals surface area (Å²) in [5.41, 5.74) is 10.9. The summed E-state index contributed by atoms with van der Waals surface area (Å²) in [7, 11) is 0. The molecule has 0 radical (unpaired) electrons. The normalized spacial score (nSPS) is 13.4. The van der Waals surface area contributed by atoms with E-state index < -0.39 is 0 Å². The molecule has 0 heteroatoms. The van der Waals surface area contributed by atoms with Gasteiger partial charge >= 0.3 is 0 Å². The highest BCUT2D eigenvalue weighted by Gasteiger charge is 2.45. The average molecular weight is 459 g/mol. The minimum Gasteiger partial charge on any atom is -0.0654 e. The maximum Gasteiger partial charge on any atom is 0.0713 e. The summed E-state index contributed by atoms with van der Waals surface area (Å²) in [5, 5.41) is 0. The van der Waals surface area contributed by atoms with Gasteiger partial charge in [0.15, 0.2) is 0 Å². The molecule has 0 unspecified atom stereocenters. The highest BCUT2D eigenvalue weighted by molar-refractivity contribution is 5.86. The summed E-state index contributed by atoms with van der Waals surface area (Å²) in [5.74, 6) is 0. The molecule has 0 N–H and O–H groups in total. The van der Waals surface area contributed by atoms with Crippen molar-refractivity contribution in [2.45, 2.75) is 70.6 Å². The smallest absolute Gasteiger partial charge is 0.0654 e. The zero-order valence-electron chi connectivity index (χ0n) is 21.4. The molecule has 0 saturated heterocycles. The van der Waals surface area contributed by atoms with E-state index >= 15 is 0 Å². The van der Waals surface area contributed by atoms with Gasteiger partial charge in [0.1, 0.15) is 0 Å². The molecule has 35 heavy (non-hydrogen) atoms. The van der Waals surface area contributed by atoms with E-state index in [1.54, 1.807) is 0 Å². The Morgan fingerprint density at radius 3 is 1.26 bits per heavy atom. The highest BCUT2D eigenvalue weighted by atomic mass is 14.5. The van der Waals surface area contributed by atoms with E-state index in [4.69, 9.17) is 0 Å². The number of aryl methyl sites for hydroxylation is 2. The van der Waals surface area contributed by atoms with Gasteiger partial charge in [-0.05, 0) is 70.2 Å². The van der Waals surface area contributed by atoms with Crippen LogP contribution in [0.3, 0.4) is 0 Å². The van der Waals surface area contributed by atoms with Crippen molar-refractivity contribution in [3.8, 4) is 11.1 Å². The van der Waals surface area contributed by atoms with Crippen LogP contribution >= 0.6 is 0 Å². The molecule has 0 heterocycles. The first-order chi connectivity index (χ1) is 17.3. The molecule has 0 aliphatic heterocycles. The number of unbranched alkanes of at least 4 members (excludes halogenated alkanes) is 4. The predicted octanol–water partition coefficient (Wildman–Crippen LogP) is 9.52. The van der Waals surface area contributed by atoms with Crippen LogP contribution in [0.2, 0.25) is 0 Å². The third-order valence-corrected chi connectivity index (χ3v) is 7.86. The lowest BCUT2D eigenvalue weighted by molar-refractivity contribution is 0.714. The van der Waals surface area contributed by atoms with Crippen LogP contribution in [0.5, 0.6) is 0 Å². The molecule has 0 amide bonds. The summed E-state index contributed by atoms with van der Waals surface area (Å²) in [4.78, 5) is 0. The van der Waals surface area contributed by atoms with Gasteiger partial charge in [0.25, 0.3) is 0 Å². The maximum absolute atomic E-state index is 2.40. The van der Waals surface area contributed by atoms with Crippen molar-refractivity contribution >= 4 is 0 Å². The molecular weight excluding hydrogens is 420 g/mol. The van der Waals surface area contributed by atoms with Crippen molar-refractivity contribution in [3.05, 3.63) is 130 Å². The fourth-order valence-corrected chi connectivity index (χ4v) is 6.02. The molecule has 0 saturated carbocycles. The summed E-state index contributed by atoms with van der Waals surface area (Å²) in [6.45, 7) is 4.55. The summed E-state index contributed by atoms with van der Waals surface area (Å²) in [6.07, 6.45) is 10.0. The Labute approximate surface area is 212 Å². The van der Waals surface area contributed by atoms with Crippen LogP contribution < -0.4 is 0 Å². The van der Waals surface area contributed by atoms with Crippen LogP contribution in [-0.4, -0.2) is 0 Å². The van der Waals surface area contributed by atoms with Crippen molar-refractivity contribution in [1.82, 2.24) is 0 Å². The van der Waals surface area contributed by atoms with E-state index in [0.717, 1.165) is 0 Å². The fourth-order valence-electron chi connectivity index (χ4n) is 6.02. The average Bonchev–Trinajstić information content (AvgIpc) is 3.21. The number of rotatable bonds is 10. The minimum absolute atomic E-state index is 0.281. The van der Waals surface area contributed by atoms with Gasteiger partial charge in [0, 0.05) is 0 Å². The van der Waals surface area contributed by atoms with Gasteiger partial charge in [-0.15, -0.1) is 0 Å². The van der Waals surface area contributed by atoms with Gasteiger partial charge in [-0.25, -0.2) is 0 Å². The van der Waals surface area contributed by atoms with Crippen LogP contribution in [0.25, 0.3) is 11.1 Å². The first-order valence-electron chi connectivity index (χ1n) is 13.7. The van der Waals surface area contributed by atoms with Crippen LogP contribution in [0.4, 0.5) is 0 Å². The van der Waals surface area contributed by atoms with E-state index in [0.29, 0.717) is 0 Å². The minimum atomic E-state index is -0.281. The predicted molar refractivity (Wildman–Crippen MR) is 150 cm³/mol. The van der Waals surface area contributed by atoms with E-state index in [2.05, 4.69) is 111 Å². The molecule has 0 spiro atoms. The Morgan fingerprint density at radius 1 is 0.457 bits per heavy atom. The van der Waals surface area contributed by atoms with Crippen molar-refractivity contribution in [2.75, 3.05) is 0 Å². The summed E-state index contributed by atoms with van der Waals surface area (Å²) in [6, 6.07) is 37.1. The molecule has 1 aliphatic carbocycles. The first kappa shape index (κ1) is 23.6. The lowest BCUT2D eigenvalue weighted by Gasteiger charge is -2.34. The molecule has 0 atom stereocenters. The van der Waals surface area contributed by atoms with Crippen LogP contribution in [0.1, 0.15) is 85.8 Å². The van der Waals surface area contributed by atoms with E-state index in [9.17, 15) is 0 Å². The highest BCUT2D eigenvalue weighted by Crippen LogP contribution is 2.55. The van der Waals surface area contributed by atoms with E-state index in [1.807, 2.05) is 0 Å². The lowest BCUT2D eigenvalue weighted by atomic mass is 9.67. The van der Waals surface area contributed by atoms with Gasteiger partial charge in [0.05, 0.1) is 5.41 Å². The Hall–Kier alpha value is -3.12.